The van der Waals surface area contributed by atoms with E-state index in [1.165, 1.54) is 6.07 Å². The Labute approximate surface area is 124 Å². The van der Waals surface area contributed by atoms with Crippen molar-refractivity contribution in [1.82, 2.24) is 0 Å². The van der Waals surface area contributed by atoms with Gasteiger partial charge in [0.15, 0.2) is 0 Å². The van der Waals surface area contributed by atoms with Gasteiger partial charge in [-0.05, 0) is 30.9 Å². The second-order valence-electron chi connectivity index (χ2n) is 5.36. The molecule has 1 aliphatic heterocycles. The number of rotatable bonds is 4. The molecule has 1 aromatic carbocycles. The lowest BCUT2D eigenvalue weighted by Crippen LogP contribution is -2.47. The number of primary sulfonamides is 1. The number of sulfonamides is 1. The van der Waals surface area contributed by atoms with Crippen molar-refractivity contribution < 1.29 is 18.3 Å². The highest BCUT2D eigenvalue weighted by Crippen LogP contribution is 2.33. The number of carboxylic acids is 1. The van der Waals surface area contributed by atoms with E-state index in [0.29, 0.717) is 24.6 Å². The average Bonchev–Trinajstić information content (AvgIpc) is 2.45. The molecule has 1 aromatic rings. The number of piperidine rings is 1. The van der Waals surface area contributed by atoms with Gasteiger partial charge >= 0.3 is 5.97 Å². The van der Waals surface area contributed by atoms with E-state index >= 15 is 0 Å². The first-order valence-electron chi connectivity index (χ1n) is 6.96. The lowest BCUT2D eigenvalue weighted by atomic mass is 9.88. The number of nitrogens with zero attached hydrogens (tertiary/aromatic N) is 1. The molecule has 0 amide bonds. The van der Waals surface area contributed by atoms with E-state index in [4.69, 9.17) is 5.14 Å². The van der Waals surface area contributed by atoms with Crippen LogP contribution < -0.4 is 10.0 Å². The number of hydrogen-bond donors (Lipinski definition) is 2. The summed E-state index contributed by atoms with van der Waals surface area (Å²) < 4.78 is 23.4. The van der Waals surface area contributed by atoms with Gasteiger partial charge in [-0.3, -0.25) is 0 Å². The van der Waals surface area contributed by atoms with E-state index in [0.717, 1.165) is 12.8 Å². The predicted molar refractivity (Wildman–Crippen MR) is 79.6 cm³/mol. The van der Waals surface area contributed by atoms with Crippen molar-refractivity contribution in [3.8, 4) is 0 Å². The smallest absolute Gasteiger partial charge is 0.326 e. The first kappa shape index (κ1) is 15.8. The summed E-state index contributed by atoms with van der Waals surface area (Å²) in [6.45, 7) is 2.56. The fourth-order valence-electron chi connectivity index (χ4n) is 2.87. The molecule has 3 N–H and O–H groups in total. The van der Waals surface area contributed by atoms with Gasteiger partial charge in [0.1, 0.15) is 10.9 Å². The number of nitrogens with two attached hydrogens (primary N) is 1. The monoisotopic (exact) mass is 312 g/mol. The minimum Gasteiger partial charge on any atom is -0.480 e. The van der Waals surface area contributed by atoms with Gasteiger partial charge in [0.05, 0.1) is 5.69 Å². The number of carboxylic acid groups (broad SMARTS) is 1. The standard InChI is InChI=1S/C14H20N2O4S/c1-2-10-7-8-16(12(9-10)14(17)18)11-5-3-4-6-13(11)21(15,19)20/h3-6,10,12H,2,7-9H2,1H3,(H,17,18)(H2,15,19,20). The number of para-hydroxylation sites is 1. The van der Waals surface area contributed by atoms with Crippen LogP contribution in [0.5, 0.6) is 0 Å². The Hall–Kier alpha value is -1.60. The molecule has 6 nitrogen and oxygen atoms in total. The summed E-state index contributed by atoms with van der Waals surface area (Å²) in [5, 5.41) is 14.7. The molecule has 0 bridgehead atoms. The number of carbonyl (C=O) groups is 1. The molecule has 1 fully saturated rings. The number of hydrogen-bond acceptors (Lipinski definition) is 4. The molecule has 116 valence electrons. The van der Waals surface area contributed by atoms with Gasteiger partial charge in [0.25, 0.3) is 0 Å². The average molecular weight is 312 g/mol. The number of anilines is 1. The minimum absolute atomic E-state index is 0.0220. The topological polar surface area (TPSA) is 101 Å². The molecule has 1 saturated heterocycles. The summed E-state index contributed by atoms with van der Waals surface area (Å²) in [5.74, 6) is -0.582. The Morgan fingerprint density at radius 3 is 2.67 bits per heavy atom. The summed E-state index contributed by atoms with van der Waals surface area (Å²) in [6.07, 6.45) is 2.29. The highest BCUT2D eigenvalue weighted by Gasteiger charge is 2.34. The molecule has 0 aliphatic carbocycles. The Balaban J connectivity index is 2.43. The van der Waals surface area contributed by atoms with Crippen LogP contribution in [0, 0.1) is 5.92 Å². The normalized spacial score (nSPS) is 23.0. The van der Waals surface area contributed by atoms with Crippen LogP contribution in [0.15, 0.2) is 29.2 Å². The third-order valence-corrected chi connectivity index (χ3v) is 5.01. The van der Waals surface area contributed by atoms with Gasteiger partial charge in [-0.25, -0.2) is 18.4 Å². The highest BCUT2D eigenvalue weighted by atomic mass is 32.2. The van der Waals surface area contributed by atoms with E-state index in [1.54, 1.807) is 23.1 Å². The largest absolute Gasteiger partial charge is 0.480 e. The third-order valence-electron chi connectivity index (χ3n) is 4.05. The molecule has 21 heavy (non-hydrogen) atoms. The van der Waals surface area contributed by atoms with Crippen molar-refractivity contribution in [3.63, 3.8) is 0 Å². The number of benzene rings is 1. The Kier molecular flexibility index (Phi) is 4.53. The SMILES string of the molecule is CCC1CCN(c2ccccc2S(N)(=O)=O)C(C(=O)O)C1. The van der Waals surface area contributed by atoms with Crippen LogP contribution in [0.2, 0.25) is 0 Å². The van der Waals surface area contributed by atoms with Crippen molar-refractivity contribution in [3.05, 3.63) is 24.3 Å². The molecular weight excluding hydrogens is 292 g/mol. The molecule has 0 radical (unpaired) electrons. The van der Waals surface area contributed by atoms with Crippen molar-refractivity contribution in [2.24, 2.45) is 11.1 Å². The van der Waals surface area contributed by atoms with Gasteiger partial charge in [-0.2, -0.15) is 0 Å². The van der Waals surface area contributed by atoms with Gasteiger partial charge < -0.3 is 10.0 Å². The zero-order valence-corrected chi connectivity index (χ0v) is 12.7. The Morgan fingerprint density at radius 1 is 1.43 bits per heavy atom. The zero-order valence-electron chi connectivity index (χ0n) is 11.9. The van der Waals surface area contributed by atoms with Crippen LogP contribution in [-0.2, 0) is 14.8 Å². The Bertz CT molecular complexity index is 630. The van der Waals surface area contributed by atoms with E-state index < -0.39 is 22.0 Å². The van der Waals surface area contributed by atoms with Crippen LogP contribution in [0.3, 0.4) is 0 Å². The fraction of sp³-hybridized carbons (Fsp3) is 0.500. The summed E-state index contributed by atoms with van der Waals surface area (Å²) in [4.78, 5) is 13.2. The lowest BCUT2D eigenvalue weighted by Gasteiger charge is -2.39. The second-order valence-corrected chi connectivity index (χ2v) is 6.89. The number of aliphatic carboxylic acids is 1. The van der Waals surface area contributed by atoms with Crippen molar-refractivity contribution in [2.75, 3.05) is 11.4 Å². The van der Waals surface area contributed by atoms with Crippen molar-refractivity contribution in [2.45, 2.75) is 37.1 Å². The van der Waals surface area contributed by atoms with Crippen LogP contribution in [0.25, 0.3) is 0 Å². The maximum atomic E-state index is 11.7. The summed E-state index contributed by atoms with van der Waals surface area (Å²) in [7, 11) is -3.89. The second kappa shape index (κ2) is 6.03. The molecule has 1 heterocycles. The van der Waals surface area contributed by atoms with Crippen LogP contribution in [-0.4, -0.2) is 32.1 Å². The summed E-state index contributed by atoms with van der Waals surface area (Å²) >= 11 is 0. The first-order chi connectivity index (χ1) is 9.84. The first-order valence-corrected chi connectivity index (χ1v) is 8.50. The molecule has 2 unspecified atom stereocenters. The van der Waals surface area contributed by atoms with Crippen LogP contribution >= 0.6 is 0 Å². The van der Waals surface area contributed by atoms with Crippen LogP contribution in [0.4, 0.5) is 5.69 Å². The maximum Gasteiger partial charge on any atom is 0.326 e. The summed E-state index contributed by atoms with van der Waals surface area (Å²) in [6, 6.07) is 5.58. The van der Waals surface area contributed by atoms with Gasteiger partial charge in [-0.1, -0.05) is 25.5 Å². The molecule has 2 atom stereocenters. The van der Waals surface area contributed by atoms with Crippen molar-refractivity contribution in [1.29, 1.82) is 0 Å². The molecule has 1 aliphatic rings. The van der Waals surface area contributed by atoms with Crippen molar-refractivity contribution >= 4 is 21.7 Å². The molecule has 0 aromatic heterocycles. The molecule has 0 saturated carbocycles. The molecule has 2 rings (SSSR count). The summed E-state index contributed by atoms with van der Waals surface area (Å²) in [5.41, 5.74) is 0.377. The molecular formula is C14H20N2O4S. The molecule has 7 heteroatoms. The van der Waals surface area contributed by atoms with E-state index in [2.05, 4.69) is 0 Å². The maximum absolute atomic E-state index is 11.7. The van der Waals surface area contributed by atoms with E-state index in [1.807, 2.05) is 6.92 Å². The van der Waals surface area contributed by atoms with E-state index in [9.17, 15) is 18.3 Å². The highest BCUT2D eigenvalue weighted by molar-refractivity contribution is 7.89. The lowest BCUT2D eigenvalue weighted by molar-refractivity contribution is -0.139. The fourth-order valence-corrected chi connectivity index (χ4v) is 3.61. The van der Waals surface area contributed by atoms with Gasteiger partial charge in [0, 0.05) is 6.54 Å². The van der Waals surface area contributed by atoms with E-state index in [-0.39, 0.29) is 4.90 Å². The third kappa shape index (κ3) is 3.36. The quantitative estimate of drug-likeness (QED) is 0.875. The predicted octanol–water partition coefficient (Wildman–Crippen LogP) is 1.41. The Morgan fingerprint density at radius 2 is 2.10 bits per heavy atom. The van der Waals surface area contributed by atoms with Crippen LogP contribution in [0.1, 0.15) is 26.2 Å². The minimum atomic E-state index is -3.89. The van der Waals surface area contributed by atoms with Gasteiger partial charge in [-0.15, -0.1) is 0 Å². The van der Waals surface area contributed by atoms with Gasteiger partial charge in [0.2, 0.25) is 10.0 Å². The molecule has 0 spiro atoms. The zero-order chi connectivity index (χ0) is 15.6.